The summed E-state index contributed by atoms with van der Waals surface area (Å²) in [6.45, 7) is 3.88. The molecule has 14 heavy (non-hydrogen) atoms. The van der Waals surface area contributed by atoms with Gasteiger partial charge in [-0.05, 0) is 39.2 Å². The van der Waals surface area contributed by atoms with Crippen molar-refractivity contribution in [3.05, 3.63) is 0 Å². The van der Waals surface area contributed by atoms with Gasteiger partial charge in [-0.2, -0.15) is 0 Å². The minimum Gasteiger partial charge on any atom is -0.394 e. The van der Waals surface area contributed by atoms with Crippen LogP contribution < -0.4 is 5.32 Å². The zero-order valence-electron chi connectivity index (χ0n) is 9.38. The standard InChI is InChI=1S/C11H23NO2/c1-3-14-8-6-10-5-4-7-11(10,9-13)12-2/h10,12-13H,3-9H2,1-2H3. The lowest BCUT2D eigenvalue weighted by Gasteiger charge is -2.33. The molecule has 2 atom stereocenters. The van der Waals surface area contributed by atoms with Crippen LogP contribution in [-0.4, -0.2) is 37.5 Å². The van der Waals surface area contributed by atoms with Crippen molar-refractivity contribution in [1.29, 1.82) is 0 Å². The van der Waals surface area contributed by atoms with Gasteiger partial charge in [-0.1, -0.05) is 6.42 Å². The number of aliphatic hydroxyl groups is 1. The quantitative estimate of drug-likeness (QED) is 0.634. The number of aliphatic hydroxyl groups excluding tert-OH is 1. The molecule has 0 aliphatic heterocycles. The second kappa shape index (κ2) is 5.69. The highest BCUT2D eigenvalue weighted by Crippen LogP contribution is 2.37. The van der Waals surface area contributed by atoms with Gasteiger partial charge in [0, 0.05) is 18.8 Å². The lowest BCUT2D eigenvalue weighted by Crippen LogP contribution is -2.49. The topological polar surface area (TPSA) is 41.5 Å². The minimum atomic E-state index is -0.0307. The third-order valence-electron chi connectivity index (χ3n) is 3.55. The van der Waals surface area contributed by atoms with Crippen LogP contribution in [0.3, 0.4) is 0 Å². The molecule has 0 saturated heterocycles. The minimum absolute atomic E-state index is 0.0307. The van der Waals surface area contributed by atoms with Crippen LogP contribution in [-0.2, 0) is 4.74 Å². The van der Waals surface area contributed by atoms with Gasteiger partial charge in [0.05, 0.1) is 6.61 Å². The van der Waals surface area contributed by atoms with Crippen LogP contribution >= 0.6 is 0 Å². The van der Waals surface area contributed by atoms with Crippen LogP contribution in [0.1, 0.15) is 32.6 Å². The van der Waals surface area contributed by atoms with Gasteiger partial charge < -0.3 is 15.2 Å². The monoisotopic (exact) mass is 201 g/mol. The SMILES string of the molecule is CCOCCC1CCCC1(CO)NC. The van der Waals surface area contributed by atoms with Gasteiger partial charge in [0.25, 0.3) is 0 Å². The van der Waals surface area contributed by atoms with Crippen molar-refractivity contribution in [3.8, 4) is 0 Å². The van der Waals surface area contributed by atoms with Crippen molar-refractivity contribution in [3.63, 3.8) is 0 Å². The largest absolute Gasteiger partial charge is 0.394 e. The number of rotatable bonds is 6. The van der Waals surface area contributed by atoms with Gasteiger partial charge in [-0.3, -0.25) is 0 Å². The zero-order valence-corrected chi connectivity index (χ0v) is 9.38. The third-order valence-corrected chi connectivity index (χ3v) is 3.55. The first kappa shape index (κ1) is 12.0. The molecule has 0 bridgehead atoms. The first-order chi connectivity index (χ1) is 6.79. The summed E-state index contributed by atoms with van der Waals surface area (Å²) in [5, 5.41) is 12.7. The Morgan fingerprint density at radius 1 is 1.57 bits per heavy atom. The fourth-order valence-electron chi connectivity index (χ4n) is 2.55. The Bertz CT molecular complexity index is 157. The van der Waals surface area contributed by atoms with Gasteiger partial charge >= 0.3 is 0 Å². The number of likely N-dealkylation sites (N-methyl/N-ethyl adjacent to an activating group) is 1. The zero-order chi connectivity index (χ0) is 10.4. The van der Waals surface area contributed by atoms with E-state index in [4.69, 9.17) is 4.74 Å². The highest BCUT2D eigenvalue weighted by atomic mass is 16.5. The molecule has 2 N–H and O–H groups in total. The van der Waals surface area contributed by atoms with E-state index in [1.807, 2.05) is 14.0 Å². The van der Waals surface area contributed by atoms with Crippen molar-refractivity contribution < 1.29 is 9.84 Å². The molecule has 0 aromatic carbocycles. The summed E-state index contributed by atoms with van der Waals surface area (Å²) >= 11 is 0. The number of nitrogens with one attached hydrogen (secondary N) is 1. The fourth-order valence-corrected chi connectivity index (χ4v) is 2.55. The lowest BCUT2D eigenvalue weighted by atomic mass is 9.86. The van der Waals surface area contributed by atoms with E-state index in [-0.39, 0.29) is 12.1 Å². The van der Waals surface area contributed by atoms with Gasteiger partial charge in [-0.15, -0.1) is 0 Å². The molecule has 0 radical (unpaired) electrons. The average molecular weight is 201 g/mol. The van der Waals surface area contributed by atoms with Crippen molar-refractivity contribution >= 4 is 0 Å². The van der Waals surface area contributed by atoms with Crippen molar-refractivity contribution in [2.45, 2.75) is 38.1 Å². The maximum absolute atomic E-state index is 9.44. The van der Waals surface area contributed by atoms with E-state index in [9.17, 15) is 5.11 Å². The molecule has 1 aliphatic rings. The first-order valence-electron chi connectivity index (χ1n) is 5.66. The second-order valence-corrected chi connectivity index (χ2v) is 4.14. The Morgan fingerprint density at radius 2 is 2.36 bits per heavy atom. The van der Waals surface area contributed by atoms with E-state index in [1.165, 1.54) is 12.8 Å². The molecule has 0 aromatic rings. The molecule has 0 amide bonds. The predicted molar refractivity (Wildman–Crippen MR) is 57.3 cm³/mol. The van der Waals surface area contributed by atoms with Gasteiger partial charge in [-0.25, -0.2) is 0 Å². The van der Waals surface area contributed by atoms with Gasteiger partial charge in [0.2, 0.25) is 0 Å². The Hall–Kier alpha value is -0.120. The molecule has 0 aromatic heterocycles. The normalized spacial score (nSPS) is 32.4. The Labute approximate surface area is 86.8 Å². The molecule has 3 heteroatoms. The maximum Gasteiger partial charge on any atom is 0.0615 e. The Morgan fingerprint density at radius 3 is 2.93 bits per heavy atom. The highest BCUT2D eigenvalue weighted by Gasteiger charge is 2.40. The van der Waals surface area contributed by atoms with Crippen LogP contribution in [0.4, 0.5) is 0 Å². The third kappa shape index (κ3) is 2.47. The number of hydrogen-bond donors (Lipinski definition) is 2. The van der Waals surface area contributed by atoms with Gasteiger partial charge in [0.1, 0.15) is 0 Å². The molecular weight excluding hydrogens is 178 g/mol. The maximum atomic E-state index is 9.44. The van der Waals surface area contributed by atoms with Crippen molar-refractivity contribution in [1.82, 2.24) is 5.32 Å². The molecule has 1 fully saturated rings. The highest BCUT2D eigenvalue weighted by molar-refractivity contribution is 4.97. The smallest absolute Gasteiger partial charge is 0.0615 e. The summed E-state index contributed by atoms with van der Waals surface area (Å²) in [4.78, 5) is 0. The molecule has 1 aliphatic carbocycles. The number of ether oxygens (including phenoxy) is 1. The molecular formula is C11H23NO2. The summed E-state index contributed by atoms with van der Waals surface area (Å²) in [7, 11) is 1.95. The van der Waals surface area contributed by atoms with E-state index >= 15 is 0 Å². The molecule has 1 rings (SSSR count). The molecule has 2 unspecified atom stereocenters. The van der Waals surface area contributed by atoms with E-state index in [0.29, 0.717) is 5.92 Å². The molecule has 0 heterocycles. The van der Waals surface area contributed by atoms with Crippen LogP contribution in [0.15, 0.2) is 0 Å². The lowest BCUT2D eigenvalue weighted by molar-refractivity contribution is 0.0878. The fraction of sp³-hybridized carbons (Fsp3) is 1.00. The van der Waals surface area contributed by atoms with E-state index in [1.54, 1.807) is 0 Å². The van der Waals surface area contributed by atoms with E-state index in [2.05, 4.69) is 5.32 Å². The van der Waals surface area contributed by atoms with Crippen LogP contribution in [0, 0.1) is 5.92 Å². The number of hydrogen-bond acceptors (Lipinski definition) is 3. The molecule has 3 nitrogen and oxygen atoms in total. The summed E-state index contributed by atoms with van der Waals surface area (Å²) < 4.78 is 5.37. The first-order valence-corrected chi connectivity index (χ1v) is 5.66. The Balaban J connectivity index is 2.41. The second-order valence-electron chi connectivity index (χ2n) is 4.14. The van der Waals surface area contributed by atoms with E-state index in [0.717, 1.165) is 26.1 Å². The molecule has 0 spiro atoms. The van der Waals surface area contributed by atoms with Crippen molar-refractivity contribution in [2.24, 2.45) is 5.92 Å². The van der Waals surface area contributed by atoms with Crippen LogP contribution in [0.2, 0.25) is 0 Å². The van der Waals surface area contributed by atoms with Crippen molar-refractivity contribution in [2.75, 3.05) is 26.9 Å². The average Bonchev–Trinajstić information content (AvgIpc) is 2.62. The predicted octanol–water partition coefficient (Wildman–Crippen LogP) is 1.16. The Kier molecular flexibility index (Phi) is 4.85. The summed E-state index contributed by atoms with van der Waals surface area (Å²) in [5.74, 6) is 0.573. The van der Waals surface area contributed by atoms with Crippen LogP contribution in [0.5, 0.6) is 0 Å². The van der Waals surface area contributed by atoms with E-state index < -0.39 is 0 Å². The summed E-state index contributed by atoms with van der Waals surface area (Å²) in [5.41, 5.74) is -0.0307. The summed E-state index contributed by atoms with van der Waals surface area (Å²) in [6, 6.07) is 0. The van der Waals surface area contributed by atoms with Gasteiger partial charge in [0.15, 0.2) is 0 Å². The van der Waals surface area contributed by atoms with Crippen LogP contribution in [0.25, 0.3) is 0 Å². The summed E-state index contributed by atoms with van der Waals surface area (Å²) in [6.07, 6.45) is 4.60. The molecule has 84 valence electrons. The molecule has 1 saturated carbocycles.